The molecular formula is C13H21N3O3. The lowest BCUT2D eigenvalue weighted by Gasteiger charge is -2.15. The number of rotatable bonds is 8. The molecular weight excluding hydrogens is 246 g/mol. The monoisotopic (exact) mass is 267 g/mol. The SMILES string of the molecule is CCOc1ccc(NC(C)C(=O)NCCOC)cn1. The Morgan fingerprint density at radius 2 is 2.26 bits per heavy atom. The van der Waals surface area contributed by atoms with Crippen LogP contribution in [0.1, 0.15) is 13.8 Å². The highest BCUT2D eigenvalue weighted by molar-refractivity contribution is 5.84. The molecule has 1 heterocycles. The molecule has 1 unspecified atom stereocenters. The summed E-state index contributed by atoms with van der Waals surface area (Å²) in [5, 5.41) is 5.83. The second kappa shape index (κ2) is 8.31. The molecule has 1 amide bonds. The Hall–Kier alpha value is -1.82. The molecule has 6 heteroatoms. The van der Waals surface area contributed by atoms with Gasteiger partial charge in [-0.15, -0.1) is 0 Å². The molecule has 0 saturated heterocycles. The summed E-state index contributed by atoms with van der Waals surface area (Å²) in [4.78, 5) is 15.8. The van der Waals surface area contributed by atoms with Gasteiger partial charge in [0.1, 0.15) is 6.04 Å². The van der Waals surface area contributed by atoms with Crippen LogP contribution < -0.4 is 15.4 Å². The number of carbonyl (C=O) groups is 1. The van der Waals surface area contributed by atoms with Gasteiger partial charge in [0.15, 0.2) is 0 Å². The van der Waals surface area contributed by atoms with Gasteiger partial charge in [-0.2, -0.15) is 0 Å². The van der Waals surface area contributed by atoms with Gasteiger partial charge >= 0.3 is 0 Å². The van der Waals surface area contributed by atoms with Crippen molar-refractivity contribution in [3.63, 3.8) is 0 Å². The molecule has 0 fully saturated rings. The van der Waals surface area contributed by atoms with Crippen LogP contribution in [0.4, 0.5) is 5.69 Å². The average molecular weight is 267 g/mol. The zero-order chi connectivity index (χ0) is 14.1. The third-order valence-corrected chi connectivity index (χ3v) is 2.41. The van der Waals surface area contributed by atoms with Crippen LogP contribution in [-0.2, 0) is 9.53 Å². The number of anilines is 1. The number of methoxy groups -OCH3 is 1. The highest BCUT2D eigenvalue weighted by Gasteiger charge is 2.11. The lowest BCUT2D eigenvalue weighted by atomic mass is 10.3. The predicted molar refractivity (Wildman–Crippen MR) is 73.4 cm³/mol. The van der Waals surface area contributed by atoms with Crippen LogP contribution in [0, 0.1) is 0 Å². The van der Waals surface area contributed by atoms with E-state index in [2.05, 4.69) is 15.6 Å². The molecule has 0 saturated carbocycles. The highest BCUT2D eigenvalue weighted by atomic mass is 16.5. The van der Waals surface area contributed by atoms with Gasteiger partial charge in [-0.3, -0.25) is 4.79 Å². The van der Waals surface area contributed by atoms with Gasteiger partial charge in [-0.25, -0.2) is 4.98 Å². The fourth-order valence-electron chi connectivity index (χ4n) is 1.44. The number of nitrogens with one attached hydrogen (secondary N) is 2. The van der Waals surface area contributed by atoms with Crippen molar-refractivity contribution >= 4 is 11.6 Å². The Kier molecular flexibility index (Phi) is 6.67. The lowest BCUT2D eigenvalue weighted by molar-refractivity contribution is -0.121. The summed E-state index contributed by atoms with van der Waals surface area (Å²) in [7, 11) is 1.60. The number of ether oxygens (including phenoxy) is 2. The van der Waals surface area contributed by atoms with Gasteiger partial charge in [0.25, 0.3) is 0 Å². The van der Waals surface area contributed by atoms with Crippen LogP contribution in [0.3, 0.4) is 0 Å². The number of carbonyl (C=O) groups excluding carboxylic acids is 1. The molecule has 19 heavy (non-hydrogen) atoms. The van der Waals surface area contributed by atoms with Crippen LogP contribution in [-0.4, -0.2) is 43.8 Å². The number of pyridine rings is 1. The summed E-state index contributed by atoms with van der Waals surface area (Å²) in [6, 6.07) is 3.26. The number of aromatic nitrogens is 1. The molecule has 1 rings (SSSR count). The molecule has 0 spiro atoms. The molecule has 0 radical (unpaired) electrons. The molecule has 0 aliphatic carbocycles. The maximum Gasteiger partial charge on any atom is 0.242 e. The number of hydrogen-bond acceptors (Lipinski definition) is 5. The van der Waals surface area contributed by atoms with Gasteiger partial charge < -0.3 is 20.1 Å². The summed E-state index contributed by atoms with van der Waals surface area (Å²) in [5.74, 6) is 0.496. The Labute approximate surface area is 113 Å². The molecule has 1 aromatic heterocycles. The van der Waals surface area contributed by atoms with Crippen molar-refractivity contribution in [1.29, 1.82) is 0 Å². The topological polar surface area (TPSA) is 72.5 Å². The smallest absolute Gasteiger partial charge is 0.242 e. The van der Waals surface area contributed by atoms with Gasteiger partial charge in [0.05, 0.1) is 25.1 Å². The van der Waals surface area contributed by atoms with Gasteiger partial charge in [0.2, 0.25) is 11.8 Å². The number of hydrogen-bond donors (Lipinski definition) is 2. The van der Waals surface area contributed by atoms with Crippen LogP contribution >= 0.6 is 0 Å². The Morgan fingerprint density at radius 3 is 2.84 bits per heavy atom. The lowest BCUT2D eigenvalue weighted by Crippen LogP contribution is -2.39. The summed E-state index contributed by atoms with van der Waals surface area (Å²) in [6.07, 6.45) is 1.64. The Bertz CT molecular complexity index is 381. The minimum atomic E-state index is -0.336. The fraction of sp³-hybridized carbons (Fsp3) is 0.538. The van der Waals surface area contributed by atoms with Crippen LogP contribution in [0.2, 0.25) is 0 Å². The van der Waals surface area contributed by atoms with E-state index in [1.807, 2.05) is 13.0 Å². The molecule has 1 aromatic rings. The maximum absolute atomic E-state index is 11.7. The first-order valence-corrected chi connectivity index (χ1v) is 6.29. The van der Waals surface area contributed by atoms with Gasteiger partial charge in [-0.1, -0.05) is 0 Å². The van der Waals surface area contributed by atoms with Crippen molar-refractivity contribution in [3.8, 4) is 5.88 Å². The second-order valence-electron chi connectivity index (χ2n) is 3.97. The van der Waals surface area contributed by atoms with Crippen molar-refractivity contribution < 1.29 is 14.3 Å². The minimum Gasteiger partial charge on any atom is -0.478 e. The van der Waals surface area contributed by atoms with E-state index in [1.54, 1.807) is 26.3 Å². The fourth-order valence-corrected chi connectivity index (χ4v) is 1.44. The quantitative estimate of drug-likeness (QED) is 0.689. The summed E-state index contributed by atoms with van der Waals surface area (Å²) in [6.45, 7) is 5.28. The first kappa shape index (κ1) is 15.2. The van der Waals surface area contributed by atoms with E-state index in [-0.39, 0.29) is 11.9 Å². The van der Waals surface area contributed by atoms with Gasteiger partial charge in [-0.05, 0) is 19.9 Å². The van der Waals surface area contributed by atoms with E-state index in [0.29, 0.717) is 25.6 Å². The number of amides is 1. The van der Waals surface area contributed by atoms with E-state index in [4.69, 9.17) is 9.47 Å². The van der Waals surface area contributed by atoms with Crippen molar-refractivity contribution in [2.45, 2.75) is 19.9 Å². The molecule has 106 valence electrons. The highest BCUT2D eigenvalue weighted by Crippen LogP contribution is 2.12. The molecule has 1 atom stereocenters. The van der Waals surface area contributed by atoms with E-state index >= 15 is 0 Å². The third kappa shape index (κ3) is 5.56. The molecule has 0 aromatic carbocycles. The Morgan fingerprint density at radius 1 is 1.47 bits per heavy atom. The summed E-state index contributed by atoms with van der Waals surface area (Å²) >= 11 is 0. The van der Waals surface area contributed by atoms with E-state index in [0.717, 1.165) is 5.69 Å². The van der Waals surface area contributed by atoms with E-state index in [9.17, 15) is 4.79 Å². The maximum atomic E-state index is 11.7. The van der Waals surface area contributed by atoms with Crippen molar-refractivity contribution in [3.05, 3.63) is 18.3 Å². The van der Waals surface area contributed by atoms with Crippen LogP contribution in [0.5, 0.6) is 5.88 Å². The molecule has 0 aliphatic rings. The predicted octanol–water partition coefficient (Wildman–Crippen LogP) is 1.04. The molecule has 2 N–H and O–H groups in total. The summed E-state index contributed by atoms with van der Waals surface area (Å²) < 4.78 is 10.1. The van der Waals surface area contributed by atoms with Crippen molar-refractivity contribution in [1.82, 2.24) is 10.3 Å². The number of nitrogens with zero attached hydrogens (tertiary/aromatic N) is 1. The van der Waals surface area contributed by atoms with E-state index < -0.39 is 0 Å². The van der Waals surface area contributed by atoms with E-state index in [1.165, 1.54) is 0 Å². The zero-order valence-electron chi connectivity index (χ0n) is 11.6. The van der Waals surface area contributed by atoms with Crippen molar-refractivity contribution in [2.75, 3.05) is 32.2 Å². The van der Waals surface area contributed by atoms with Gasteiger partial charge in [0, 0.05) is 19.7 Å². The average Bonchev–Trinajstić information content (AvgIpc) is 2.41. The van der Waals surface area contributed by atoms with Crippen LogP contribution in [0.25, 0.3) is 0 Å². The standard InChI is InChI=1S/C13H21N3O3/c1-4-19-12-6-5-11(9-15-12)16-10(2)13(17)14-7-8-18-3/h5-6,9-10,16H,4,7-8H2,1-3H3,(H,14,17). The first-order chi connectivity index (χ1) is 9.17. The third-order valence-electron chi connectivity index (χ3n) is 2.41. The zero-order valence-corrected chi connectivity index (χ0v) is 11.6. The normalized spacial score (nSPS) is 11.7. The second-order valence-corrected chi connectivity index (χ2v) is 3.97. The molecule has 0 bridgehead atoms. The Balaban J connectivity index is 2.42. The minimum absolute atomic E-state index is 0.0778. The molecule has 6 nitrogen and oxygen atoms in total. The largest absolute Gasteiger partial charge is 0.478 e. The summed E-state index contributed by atoms with van der Waals surface area (Å²) in [5.41, 5.74) is 0.776. The van der Waals surface area contributed by atoms with Crippen LogP contribution in [0.15, 0.2) is 18.3 Å². The molecule has 0 aliphatic heterocycles. The first-order valence-electron chi connectivity index (χ1n) is 6.29. The van der Waals surface area contributed by atoms with Crippen molar-refractivity contribution in [2.24, 2.45) is 0 Å².